The summed E-state index contributed by atoms with van der Waals surface area (Å²) >= 11 is 1.47. The Balaban J connectivity index is 1.78. The van der Waals surface area contributed by atoms with Gasteiger partial charge in [0, 0.05) is 11.3 Å². The van der Waals surface area contributed by atoms with Gasteiger partial charge in [-0.3, -0.25) is 9.59 Å². The van der Waals surface area contributed by atoms with Crippen LogP contribution in [0.3, 0.4) is 0 Å². The van der Waals surface area contributed by atoms with E-state index in [2.05, 4.69) is 10.6 Å². The minimum absolute atomic E-state index is 0.211. The number of nitrogens with zero attached hydrogens (tertiary/aromatic N) is 1. The van der Waals surface area contributed by atoms with E-state index in [0.29, 0.717) is 6.54 Å². The number of carbonyl (C=O) groups excluding carboxylic acids is 3. The lowest BCUT2D eigenvalue weighted by atomic mass is 9.97. The Morgan fingerprint density at radius 3 is 2.19 bits per heavy atom. The number of carbonyl (C=O) groups is 3. The van der Waals surface area contributed by atoms with Gasteiger partial charge in [-0.2, -0.15) is 0 Å². The SMILES string of the molecule is CC(C)(C)OC(=O)NC(Cc1ccccc1)C(O)C(=O)N1CSC(C)(C)C1C(=O)NCc1ccccc1. The van der Waals surface area contributed by atoms with Crippen molar-refractivity contribution in [3.63, 3.8) is 0 Å². The topological polar surface area (TPSA) is 108 Å². The number of rotatable bonds is 8. The summed E-state index contributed by atoms with van der Waals surface area (Å²) in [5.74, 6) is -0.661. The first kappa shape index (κ1) is 28.5. The van der Waals surface area contributed by atoms with Crippen LogP contribution in [0.5, 0.6) is 0 Å². The zero-order valence-corrected chi connectivity index (χ0v) is 22.9. The molecule has 0 bridgehead atoms. The largest absolute Gasteiger partial charge is 0.444 e. The van der Waals surface area contributed by atoms with Gasteiger partial charge in [-0.25, -0.2) is 4.79 Å². The maximum atomic E-state index is 13.6. The van der Waals surface area contributed by atoms with Gasteiger partial charge in [0.25, 0.3) is 5.91 Å². The van der Waals surface area contributed by atoms with E-state index in [0.717, 1.165) is 11.1 Å². The van der Waals surface area contributed by atoms with Crippen molar-refractivity contribution in [2.75, 3.05) is 5.88 Å². The minimum Gasteiger partial charge on any atom is -0.444 e. The fraction of sp³-hybridized carbons (Fsp3) is 0.464. The van der Waals surface area contributed by atoms with Crippen LogP contribution in [0.1, 0.15) is 45.7 Å². The number of thioether (sulfide) groups is 1. The Bertz CT molecular complexity index is 1070. The third kappa shape index (κ3) is 7.97. The van der Waals surface area contributed by atoms with Crippen LogP contribution in [0.15, 0.2) is 60.7 Å². The van der Waals surface area contributed by atoms with Crippen molar-refractivity contribution in [1.82, 2.24) is 15.5 Å². The number of hydrogen-bond donors (Lipinski definition) is 3. The second kappa shape index (κ2) is 12.0. The number of aliphatic hydroxyl groups excluding tert-OH is 1. The molecule has 3 rings (SSSR count). The summed E-state index contributed by atoms with van der Waals surface area (Å²) in [5, 5.41) is 16.8. The van der Waals surface area contributed by atoms with Gasteiger partial charge < -0.3 is 25.4 Å². The second-order valence-corrected chi connectivity index (χ2v) is 12.3. The quantitative estimate of drug-likeness (QED) is 0.485. The fourth-order valence-electron chi connectivity index (χ4n) is 4.21. The maximum Gasteiger partial charge on any atom is 0.407 e. The van der Waals surface area contributed by atoms with Crippen LogP contribution in [-0.2, 0) is 27.3 Å². The van der Waals surface area contributed by atoms with Gasteiger partial charge in [0.1, 0.15) is 11.6 Å². The van der Waals surface area contributed by atoms with E-state index in [9.17, 15) is 19.5 Å². The van der Waals surface area contributed by atoms with E-state index in [1.54, 1.807) is 20.8 Å². The molecule has 0 aromatic heterocycles. The zero-order chi connectivity index (χ0) is 27.2. The molecule has 8 nitrogen and oxygen atoms in total. The number of alkyl carbamates (subject to hydrolysis) is 1. The first-order chi connectivity index (χ1) is 17.4. The van der Waals surface area contributed by atoms with Crippen molar-refractivity contribution in [2.24, 2.45) is 0 Å². The molecule has 37 heavy (non-hydrogen) atoms. The van der Waals surface area contributed by atoms with Gasteiger partial charge in [-0.1, -0.05) is 60.7 Å². The summed E-state index contributed by atoms with van der Waals surface area (Å²) in [6, 6.07) is 17.1. The molecule has 0 aliphatic carbocycles. The molecule has 1 aliphatic rings. The van der Waals surface area contributed by atoms with E-state index < -0.39 is 40.5 Å². The predicted molar refractivity (Wildman–Crippen MR) is 145 cm³/mol. The number of amides is 3. The molecule has 1 saturated heterocycles. The van der Waals surface area contributed by atoms with Gasteiger partial charge in [-0.15, -0.1) is 11.8 Å². The molecule has 2 aromatic rings. The molecule has 0 radical (unpaired) electrons. The van der Waals surface area contributed by atoms with Gasteiger partial charge in [0.2, 0.25) is 5.91 Å². The molecule has 3 N–H and O–H groups in total. The summed E-state index contributed by atoms with van der Waals surface area (Å²) in [5.41, 5.74) is 1.04. The van der Waals surface area contributed by atoms with Crippen molar-refractivity contribution in [3.05, 3.63) is 71.8 Å². The lowest BCUT2D eigenvalue weighted by molar-refractivity contribution is -0.147. The van der Waals surface area contributed by atoms with Crippen LogP contribution in [0, 0.1) is 0 Å². The summed E-state index contributed by atoms with van der Waals surface area (Å²) in [6.07, 6.45) is -2.09. The van der Waals surface area contributed by atoms with Crippen molar-refractivity contribution < 1.29 is 24.2 Å². The molecule has 1 heterocycles. The molecule has 0 spiro atoms. The molecule has 3 atom stereocenters. The normalized spacial score (nSPS) is 18.5. The molecular weight excluding hydrogens is 490 g/mol. The van der Waals surface area contributed by atoms with E-state index in [-0.39, 0.29) is 18.2 Å². The van der Waals surface area contributed by atoms with Crippen LogP contribution in [0.25, 0.3) is 0 Å². The standard InChI is InChI=1S/C28H37N3O5S/c1-27(2,3)36-26(35)30-21(16-19-12-8-6-9-13-19)22(32)25(34)31-18-37-28(4,5)23(31)24(33)29-17-20-14-10-7-11-15-20/h6-15,21-23,32H,16-18H2,1-5H3,(H,29,33)(H,30,35). The van der Waals surface area contributed by atoms with E-state index in [1.807, 2.05) is 74.5 Å². The Kier molecular flexibility index (Phi) is 9.26. The number of hydrogen-bond acceptors (Lipinski definition) is 6. The van der Waals surface area contributed by atoms with E-state index in [4.69, 9.17) is 4.74 Å². The van der Waals surface area contributed by atoms with Crippen molar-refractivity contribution >= 4 is 29.7 Å². The van der Waals surface area contributed by atoms with Gasteiger partial charge in [0.05, 0.1) is 11.9 Å². The molecule has 9 heteroatoms. The second-order valence-electron chi connectivity index (χ2n) is 10.7. The average molecular weight is 528 g/mol. The Labute approximate surface area is 223 Å². The number of ether oxygens (including phenoxy) is 1. The number of benzene rings is 2. The summed E-state index contributed by atoms with van der Waals surface area (Å²) in [7, 11) is 0. The summed E-state index contributed by atoms with van der Waals surface area (Å²) in [6.45, 7) is 9.36. The Hall–Kier alpha value is -3.04. The summed E-state index contributed by atoms with van der Waals surface area (Å²) < 4.78 is 4.81. The molecule has 1 fully saturated rings. The molecule has 200 valence electrons. The predicted octanol–water partition coefficient (Wildman–Crippen LogP) is 3.48. The Morgan fingerprint density at radius 2 is 1.62 bits per heavy atom. The van der Waals surface area contributed by atoms with Crippen molar-refractivity contribution in [3.8, 4) is 0 Å². The smallest absolute Gasteiger partial charge is 0.407 e. The first-order valence-corrected chi connectivity index (χ1v) is 13.3. The fourth-order valence-corrected chi connectivity index (χ4v) is 5.35. The van der Waals surface area contributed by atoms with Crippen LogP contribution in [-0.4, -0.2) is 62.3 Å². The number of nitrogens with one attached hydrogen (secondary N) is 2. The molecule has 3 amide bonds. The molecule has 0 saturated carbocycles. The highest BCUT2D eigenvalue weighted by molar-refractivity contribution is 8.00. The van der Waals surface area contributed by atoms with E-state index >= 15 is 0 Å². The Morgan fingerprint density at radius 1 is 1.05 bits per heavy atom. The molecular formula is C28H37N3O5S. The monoisotopic (exact) mass is 527 g/mol. The summed E-state index contributed by atoms with van der Waals surface area (Å²) in [4.78, 5) is 40.9. The lowest BCUT2D eigenvalue weighted by Gasteiger charge is -2.33. The molecule has 3 unspecified atom stereocenters. The van der Waals surface area contributed by atoms with Crippen molar-refractivity contribution in [2.45, 2.75) is 76.1 Å². The highest BCUT2D eigenvalue weighted by Gasteiger charge is 2.49. The zero-order valence-electron chi connectivity index (χ0n) is 22.1. The lowest BCUT2D eigenvalue weighted by Crippen LogP contribution is -2.58. The maximum absolute atomic E-state index is 13.6. The molecule has 2 aromatic carbocycles. The van der Waals surface area contributed by atoms with Gasteiger partial charge in [0.15, 0.2) is 6.10 Å². The van der Waals surface area contributed by atoms with Gasteiger partial charge in [-0.05, 0) is 52.2 Å². The van der Waals surface area contributed by atoms with Crippen molar-refractivity contribution in [1.29, 1.82) is 0 Å². The number of aliphatic hydroxyl groups is 1. The third-order valence-corrected chi connectivity index (χ3v) is 7.40. The van der Waals surface area contributed by atoms with Crippen LogP contribution in [0.2, 0.25) is 0 Å². The van der Waals surface area contributed by atoms with Crippen LogP contribution in [0.4, 0.5) is 4.79 Å². The van der Waals surface area contributed by atoms with Crippen LogP contribution >= 0.6 is 11.8 Å². The minimum atomic E-state index is -1.58. The highest BCUT2D eigenvalue weighted by Crippen LogP contribution is 2.40. The average Bonchev–Trinajstić information content (AvgIpc) is 3.16. The molecule has 1 aliphatic heterocycles. The highest BCUT2D eigenvalue weighted by atomic mass is 32.2. The first-order valence-electron chi connectivity index (χ1n) is 12.3. The van der Waals surface area contributed by atoms with E-state index in [1.165, 1.54) is 16.7 Å². The van der Waals surface area contributed by atoms with Gasteiger partial charge >= 0.3 is 6.09 Å². The third-order valence-electron chi connectivity index (χ3n) is 6.02. The van der Waals surface area contributed by atoms with Crippen LogP contribution < -0.4 is 10.6 Å².